The van der Waals surface area contributed by atoms with Crippen molar-refractivity contribution in [1.29, 1.82) is 0 Å². The number of ether oxygens (including phenoxy) is 3. The molecule has 1 atom stereocenters. The number of carbonyl (C=O) groups excluding carboxylic acids is 1. The average molecular weight is 413 g/mol. The molecule has 0 spiro atoms. The number of rotatable bonds is 4. The van der Waals surface area contributed by atoms with E-state index < -0.39 is 0 Å². The maximum atomic E-state index is 13.0. The highest BCUT2D eigenvalue weighted by Gasteiger charge is 2.34. The molecule has 2 aliphatic heterocycles. The fraction of sp³-hybridized carbons (Fsp3) is 0.192. The second-order valence-corrected chi connectivity index (χ2v) is 7.71. The molecular weight excluding hydrogens is 390 g/mol. The van der Waals surface area contributed by atoms with Gasteiger partial charge in [-0.05, 0) is 36.8 Å². The van der Waals surface area contributed by atoms with Crippen LogP contribution in [0.3, 0.4) is 0 Å². The maximum absolute atomic E-state index is 13.0. The fourth-order valence-corrected chi connectivity index (χ4v) is 4.09. The van der Waals surface area contributed by atoms with Gasteiger partial charge in [0, 0.05) is 18.2 Å². The van der Waals surface area contributed by atoms with Crippen molar-refractivity contribution in [3.63, 3.8) is 0 Å². The molecule has 3 aromatic carbocycles. The maximum Gasteiger partial charge on any atom is 0.231 e. The lowest BCUT2D eigenvalue weighted by molar-refractivity contribution is 0.0606. The Morgan fingerprint density at radius 1 is 1.03 bits per heavy atom. The van der Waals surface area contributed by atoms with Crippen LogP contribution in [0.2, 0.25) is 0 Å². The van der Waals surface area contributed by atoms with Gasteiger partial charge in [0.25, 0.3) is 0 Å². The van der Waals surface area contributed by atoms with Crippen molar-refractivity contribution < 1.29 is 19.0 Å². The fourth-order valence-electron chi connectivity index (χ4n) is 4.09. The van der Waals surface area contributed by atoms with Crippen LogP contribution in [0.25, 0.3) is 6.08 Å². The zero-order valence-electron chi connectivity index (χ0n) is 17.5. The van der Waals surface area contributed by atoms with Crippen LogP contribution in [0.5, 0.6) is 17.2 Å². The normalized spacial score (nSPS) is 17.5. The van der Waals surface area contributed by atoms with E-state index in [1.165, 1.54) is 5.56 Å². The Labute approximate surface area is 181 Å². The second kappa shape index (κ2) is 7.93. The monoisotopic (exact) mass is 413 g/mol. The third-order valence-corrected chi connectivity index (χ3v) is 5.90. The van der Waals surface area contributed by atoms with Crippen molar-refractivity contribution in [3.8, 4) is 17.2 Å². The number of allylic oxidation sites excluding steroid dienone is 1. The van der Waals surface area contributed by atoms with E-state index in [1.807, 2.05) is 48.5 Å². The van der Waals surface area contributed by atoms with Gasteiger partial charge in [0.2, 0.25) is 5.78 Å². The van der Waals surface area contributed by atoms with Crippen LogP contribution in [0.1, 0.15) is 40.0 Å². The van der Waals surface area contributed by atoms with Crippen LogP contribution < -0.4 is 14.2 Å². The molecule has 0 amide bonds. The van der Waals surface area contributed by atoms with E-state index >= 15 is 0 Å². The van der Waals surface area contributed by atoms with E-state index in [1.54, 1.807) is 19.3 Å². The third kappa shape index (κ3) is 3.47. The Balaban J connectivity index is 1.47. The van der Waals surface area contributed by atoms with E-state index in [0.717, 1.165) is 16.9 Å². The molecule has 156 valence electrons. The number of ketones is 1. The minimum Gasteiger partial charge on any atom is -0.496 e. The van der Waals surface area contributed by atoms with Crippen molar-refractivity contribution in [2.45, 2.75) is 19.5 Å². The van der Waals surface area contributed by atoms with Gasteiger partial charge < -0.3 is 14.2 Å². The number of hydrogen-bond donors (Lipinski definition) is 0. The lowest BCUT2D eigenvalue weighted by Gasteiger charge is -2.34. The van der Waals surface area contributed by atoms with Gasteiger partial charge in [0.15, 0.2) is 5.76 Å². The summed E-state index contributed by atoms with van der Waals surface area (Å²) in [5, 5.41) is 0. The predicted molar refractivity (Wildman–Crippen MR) is 118 cm³/mol. The molecule has 0 bridgehead atoms. The van der Waals surface area contributed by atoms with Gasteiger partial charge in [-0.1, -0.05) is 48.5 Å². The quantitative estimate of drug-likeness (QED) is 0.549. The summed E-state index contributed by atoms with van der Waals surface area (Å²) < 4.78 is 17.5. The molecule has 2 heterocycles. The highest BCUT2D eigenvalue weighted by Crippen LogP contribution is 2.43. The number of carbonyl (C=O) groups is 1. The topological polar surface area (TPSA) is 48.0 Å². The van der Waals surface area contributed by atoms with Crippen molar-refractivity contribution in [3.05, 3.63) is 94.7 Å². The molecule has 0 saturated heterocycles. The first kappa shape index (κ1) is 19.4. The molecule has 2 aliphatic rings. The molecule has 31 heavy (non-hydrogen) atoms. The van der Waals surface area contributed by atoms with Crippen LogP contribution in [-0.4, -0.2) is 24.5 Å². The summed E-state index contributed by atoms with van der Waals surface area (Å²) in [6, 6.07) is 21.7. The summed E-state index contributed by atoms with van der Waals surface area (Å²) in [7, 11) is 1.61. The van der Waals surface area contributed by atoms with E-state index in [4.69, 9.17) is 14.2 Å². The van der Waals surface area contributed by atoms with E-state index in [9.17, 15) is 4.79 Å². The van der Waals surface area contributed by atoms with Crippen molar-refractivity contribution in [2.24, 2.45) is 0 Å². The van der Waals surface area contributed by atoms with Gasteiger partial charge in [-0.2, -0.15) is 0 Å². The first-order valence-corrected chi connectivity index (χ1v) is 10.3. The van der Waals surface area contributed by atoms with Gasteiger partial charge in [-0.15, -0.1) is 0 Å². The van der Waals surface area contributed by atoms with Crippen molar-refractivity contribution >= 4 is 11.9 Å². The number of fused-ring (bicyclic) bond motifs is 3. The largest absolute Gasteiger partial charge is 0.496 e. The zero-order valence-corrected chi connectivity index (χ0v) is 17.5. The first-order valence-electron chi connectivity index (χ1n) is 10.3. The number of nitrogens with zero attached hydrogens (tertiary/aromatic N) is 1. The van der Waals surface area contributed by atoms with E-state index in [0.29, 0.717) is 36.1 Å². The molecule has 5 nitrogen and oxygen atoms in total. The molecule has 0 aromatic heterocycles. The van der Waals surface area contributed by atoms with Crippen LogP contribution in [0.4, 0.5) is 0 Å². The van der Waals surface area contributed by atoms with Gasteiger partial charge in [0.05, 0.1) is 18.2 Å². The molecule has 0 fully saturated rings. The average Bonchev–Trinajstić information content (AvgIpc) is 3.15. The van der Waals surface area contributed by atoms with E-state index in [-0.39, 0.29) is 11.8 Å². The Bertz CT molecular complexity index is 1170. The number of Topliss-reactive ketones (excluding diaryl/α,β-unsaturated/α-hetero) is 1. The Morgan fingerprint density at radius 3 is 2.61 bits per heavy atom. The second-order valence-electron chi connectivity index (χ2n) is 7.71. The van der Waals surface area contributed by atoms with Crippen LogP contribution in [0, 0.1) is 0 Å². The third-order valence-electron chi connectivity index (χ3n) is 5.90. The number of hydrogen-bond acceptors (Lipinski definition) is 5. The van der Waals surface area contributed by atoms with Gasteiger partial charge in [0.1, 0.15) is 24.0 Å². The predicted octanol–water partition coefficient (Wildman–Crippen LogP) is 5.22. The number of para-hydroxylation sites is 1. The molecule has 0 saturated carbocycles. The minimum absolute atomic E-state index is 0.128. The summed E-state index contributed by atoms with van der Waals surface area (Å²) in [5.74, 6) is 2.21. The Kier molecular flexibility index (Phi) is 4.96. The standard InChI is InChI=1S/C26H23NO4/c1-17(18-8-4-3-5-9-18)27-15-21-23(30-16-27)13-12-20-25(28)24(31-26(20)21)14-19-10-6-7-11-22(19)29-2/h3-14,17H,15-16H2,1-2H3/b24-14-. The van der Waals surface area contributed by atoms with Gasteiger partial charge >= 0.3 is 0 Å². The zero-order chi connectivity index (χ0) is 21.4. The summed E-state index contributed by atoms with van der Waals surface area (Å²) in [5.41, 5.74) is 3.49. The summed E-state index contributed by atoms with van der Waals surface area (Å²) in [6.07, 6.45) is 1.74. The summed E-state index contributed by atoms with van der Waals surface area (Å²) in [4.78, 5) is 15.3. The number of benzene rings is 3. The first-order chi connectivity index (χ1) is 15.2. The smallest absolute Gasteiger partial charge is 0.231 e. The SMILES string of the molecule is COc1ccccc1/C=C1\Oc2c(ccc3c2CN(C(C)c2ccccc2)CO3)C1=O. The summed E-state index contributed by atoms with van der Waals surface area (Å²) >= 11 is 0. The molecular formula is C26H23NO4. The van der Waals surface area contributed by atoms with E-state index in [2.05, 4.69) is 24.0 Å². The lowest BCUT2D eigenvalue weighted by Crippen LogP contribution is -2.34. The molecule has 5 rings (SSSR count). The molecule has 3 aromatic rings. The Morgan fingerprint density at radius 2 is 1.81 bits per heavy atom. The van der Waals surface area contributed by atoms with Gasteiger partial charge in [-0.3, -0.25) is 9.69 Å². The van der Waals surface area contributed by atoms with Crippen molar-refractivity contribution in [2.75, 3.05) is 13.8 Å². The van der Waals surface area contributed by atoms with Crippen LogP contribution in [-0.2, 0) is 6.54 Å². The molecule has 1 unspecified atom stereocenters. The molecule has 0 radical (unpaired) electrons. The van der Waals surface area contributed by atoms with Crippen molar-refractivity contribution in [1.82, 2.24) is 4.90 Å². The van der Waals surface area contributed by atoms with Gasteiger partial charge in [-0.25, -0.2) is 0 Å². The molecule has 5 heteroatoms. The molecule has 0 aliphatic carbocycles. The highest BCUT2D eigenvalue weighted by atomic mass is 16.5. The van der Waals surface area contributed by atoms with Crippen LogP contribution >= 0.6 is 0 Å². The minimum atomic E-state index is -0.128. The molecule has 0 N–H and O–H groups in total. The highest BCUT2D eigenvalue weighted by molar-refractivity contribution is 6.15. The lowest BCUT2D eigenvalue weighted by atomic mass is 10.0. The number of methoxy groups -OCH3 is 1. The van der Waals surface area contributed by atoms with Crippen LogP contribution in [0.15, 0.2) is 72.5 Å². The Hall–Kier alpha value is -3.57. The summed E-state index contributed by atoms with van der Waals surface area (Å²) in [6.45, 7) is 3.29.